The molecule has 0 fully saturated rings. The SMILES string of the molecule is CCN(Cc1ccccc1)C[C@H](N)CC(C)C. The van der Waals surface area contributed by atoms with Crippen molar-refractivity contribution in [1.29, 1.82) is 0 Å². The fourth-order valence-corrected chi connectivity index (χ4v) is 2.16. The first-order valence-electron chi connectivity index (χ1n) is 6.63. The molecular weight excluding hydrogens is 208 g/mol. The van der Waals surface area contributed by atoms with Gasteiger partial charge in [0.2, 0.25) is 0 Å². The fraction of sp³-hybridized carbons (Fsp3) is 0.600. The van der Waals surface area contributed by atoms with Crippen molar-refractivity contribution in [2.45, 2.75) is 39.8 Å². The van der Waals surface area contributed by atoms with Gasteiger partial charge in [-0.3, -0.25) is 4.90 Å². The van der Waals surface area contributed by atoms with Crippen LogP contribution in [0.25, 0.3) is 0 Å². The Kier molecular flexibility index (Phi) is 6.23. The maximum Gasteiger partial charge on any atom is 0.0234 e. The highest BCUT2D eigenvalue weighted by molar-refractivity contribution is 5.14. The standard InChI is InChI=1S/C15H26N2/c1-4-17(12-15(16)10-13(2)3)11-14-8-6-5-7-9-14/h5-9,13,15H,4,10-12,16H2,1-3H3/t15-/m1/s1. The fourth-order valence-electron chi connectivity index (χ4n) is 2.16. The van der Waals surface area contributed by atoms with Crippen molar-refractivity contribution in [3.05, 3.63) is 35.9 Å². The molecule has 17 heavy (non-hydrogen) atoms. The minimum absolute atomic E-state index is 0.290. The van der Waals surface area contributed by atoms with Gasteiger partial charge in [0, 0.05) is 19.1 Å². The summed E-state index contributed by atoms with van der Waals surface area (Å²) in [6.45, 7) is 9.71. The summed E-state index contributed by atoms with van der Waals surface area (Å²) >= 11 is 0. The molecule has 0 aromatic heterocycles. The Morgan fingerprint density at radius 2 is 1.82 bits per heavy atom. The van der Waals surface area contributed by atoms with Gasteiger partial charge in [0.25, 0.3) is 0 Å². The van der Waals surface area contributed by atoms with Gasteiger partial charge in [-0.2, -0.15) is 0 Å². The predicted octanol–water partition coefficient (Wildman–Crippen LogP) is 2.88. The maximum absolute atomic E-state index is 6.16. The first kappa shape index (κ1) is 14.2. The second-order valence-electron chi connectivity index (χ2n) is 5.20. The Balaban J connectivity index is 2.43. The van der Waals surface area contributed by atoms with Gasteiger partial charge in [0.15, 0.2) is 0 Å². The molecule has 2 heteroatoms. The Bertz CT molecular complexity index is 295. The molecule has 0 saturated heterocycles. The molecule has 0 radical (unpaired) electrons. The summed E-state index contributed by atoms with van der Waals surface area (Å²) < 4.78 is 0. The molecule has 0 heterocycles. The third-order valence-electron chi connectivity index (χ3n) is 2.96. The normalized spacial score (nSPS) is 13.3. The molecule has 0 aliphatic rings. The molecule has 0 amide bonds. The zero-order valence-corrected chi connectivity index (χ0v) is 11.4. The van der Waals surface area contributed by atoms with Crippen LogP contribution in [0.5, 0.6) is 0 Å². The zero-order valence-electron chi connectivity index (χ0n) is 11.4. The number of likely N-dealkylation sites (N-methyl/N-ethyl adjacent to an activating group) is 1. The summed E-state index contributed by atoms with van der Waals surface area (Å²) in [4.78, 5) is 2.42. The van der Waals surface area contributed by atoms with Crippen molar-refractivity contribution in [2.24, 2.45) is 11.7 Å². The molecule has 0 unspecified atom stereocenters. The second kappa shape index (κ2) is 7.46. The average Bonchev–Trinajstić information content (AvgIpc) is 2.28. The predicted molar refractivity (Wildman–Crippen MR) is 74.8 cm³/mol. The topological polar surface area (TPSA) is 29.3 Å². The molecule has 2 N–H and O–H groups in total. The largest absolute Gasteiger partial charge is 0.327 e. The van der Waals surface area contributed by atoms with Crippen molar-refractivity contribution in [3.63, 3.8) is 0 Å². The van der Waals surface area contributed by atoms with Crippen LogP contribution in [0.3, 0.4) is 0 Å². The van der Waals surface area contributed by atoms with Crippen LogP contribution in [-0.2, 0) is 6.54 Å². The van der Waals surface area contributed by atoms with E-state index in [-0.39, 0.29) is 0 Å². The lowest BCUT2D eigenvalue weighted by Gasteiger charge is -2.25. The number of hydrogen-bond donors (Lipinski definition) is 1. The molecule has 1 atom stereocenters. The van der Waals surface area contributed by atoms with E-state index < -0.39 is 0 Å². The van der Waals surface area contributed by atoms with Crippen LogP contribution in [0.1, 0.15) is 32.8 Å². The highest BCUT2D eigenvalue weighted by atomic mass is 15.1. The van der Waals surface area contributed by atoms with Gasteiger partial charge in [0.1, 0.15) is 0 Å². The summed E-state index contributed by atoms with van der Waals surface area (Å²) in [6, 6.07) is 10.9. The lowest BCUT2D eigenvalue weighted by Crippen LogP contribution is -2.37. The molecule has 0 aliphatic heterocycles. The van der Waals surface area contributed by atoms with E-state index >= 15 is 0 Å². The first-order valence-corrected chi connectivity index (χ1v) is 6.63. The highest BCUT2D eigenvalue weighted by Crippen LogP contribution is 2.08. The molecule has 96 valence electrons. The van der Waals surface area contributed by atoms with E-state index in [9.17, 15) is 0 Å². The first-order chi connectivity index (χ1) is 8.11. The van der Waals surface area contributed by atoms with Crippen molar-refractivity contribution < 1.29 is 0 Å². The van der Waals surface area contributed by atoms with E-state index in [0.29, 0.717) is 12.0 Å². The Hall–Kier alpha value is -0.860. The number of nitrogens with zero attached hydrogens (tertiary/aromatic N) is 1. The summed E-state index contributed by atoms with van der Waals surface area (Å²) in [5, 5.41) is 0. The number of nitrogens with two attached hydrogens (primary N) is 1. The molecule has 1 aromatic rings. The molecule has 0 bridgehead atoms. The van der Waals surface area contributed by atoms with Gasteiger partial charge in [-0.1, -0.05) is 51.1 Å². The lowest BCUT2D eigenvalue weighted by molar-refractivity contribution is 0.250. The maximum atomic E-state index is 6.16. The molecule has 0 aliphatic carbocycles. The molecule has 0 saturated carbocycles. The van der Waals surface area contributed by atoms with Crippen LogP contribution in [0.2, 0.25) is 0 Å². The van der Waals surface area contributed by atoms with Gasteiger partial charge in [-0.25, -0.2) is 0 Å². The molecule has 2 nitrogen and oxygen atoms in total. The van der Waals surface area contributed by atoms with Gasteiger partial charge in [0.05, 0.1) is 0 Å². The number of benzene rings is 1. The van der Waals surface area contributed by atoms with Gasteiger partial charge in [-0.15, -0.1) is 0 Å². The summed E-state index contributed by atoms with van der Waals surface area (Å²) in [5.74, 6) is 0.681. The van der Waals surface area contributed by atoms with Gasteiger partial charge < -0.3 is 5.73 Å². The van der Waals surface area contributed by atoms with E-state index in [1.807, 2.05) is 0 Å². The van der Waals surface area contributed by atoms with Crippen molar-refractivity contribution in [2.75, 3.05) is 13.1 Å². The van der Waals surface area contributed by atoms with E-state index in [0.717, 1.165) is 26.1 Å². The number of rotatable bonds is 7. The van der Waals surface area contributed by atoms with E-state index in [1.165, 1.54) is 5.56 Å². The van der Waals surface area contributed by atoms with Crippen LogP contribution in [0.15, 0.2) is 30.3 Å². The van der Waals surface area contributed by atoms with E-state index in [1.54, 1.807) is 0 Å². The van der Waals surface area contributed by atoms with Crippen molar-refractivity contribution >= 4 is 0 Å². The Morgan fingerprint density at radius 3 is 2.35 bits per heavy atom. The monoisotopic (exact) mass is 234 g/mol. The van der Waals surface area contributed by atoms with Crippen LogP contribution >= 0.6 is 0 Å². The summed E-state index contributed by atoms with van der Waals surface area (Å²) in [7, 11) is 0. The van der Waals surface area contributed by atoms with E-state index in [4.69, 9.17) is 5.73 Å². The van der Waals surface area contributed by atoms with Crippen molar-refractivity contribution in [1.82, 2.24) is 4.90 Å². The lowest BCUT2D eigenvalue weighted by atomic mass is 10.0. The quantitative estimate of drug-likeness (QED) is 0.786. The molecular formula is C15H26N2. The third kappa shape index (κ3) is 5.85. The van der Waals surface area contributed by atoms with Crippen LogP contribution in [0.4, 0.5) is 0 Å². The second-order valence-corrected chi connectivity index (χ2v) is 5.20. The van der Waals surface area contributed by atoms with Crippen LogP contribution in [-0.4, -0.2) is 24.0 Å². The summed E-state index contributed by atoms with van der Waals surface area (Å²) in [6.07, 6.45) is 1.10. The summed E-state index contributed by atoms with van der Waals surface area (Å²) in [5.41, 5.74) is 7.53. The molecule has 1 rings (SSSR count). The van der Waals surface area contributed by atoms with Crippen LogP contribution in [0, 0.1) is 5.92 Å². The smallest absolute Gasteiger partial charge is 0.0234 e. The molecule has 0 spiro atoms. The zero-order chi connectivity index (χ0) is 12.7. The molecule has 1 aromatic carbocycles. The van der Waals surface area contributed by atoms with E-state index in [2.05, 4.69) is 56.0 Å². The third-order valence-corrected chi connectivity index (χ3v) is 2.96. The average molecular weight is 234 g/mol. The van der Waals surface area contributed by atoms with Crippen LogP contribution < -0.4 is 5.73 Å². The highest BCUT2D eigenvalue weighted by Gasteiger charge is 2.10. The number of hydrogen-bond acceptors (Lipinski definition) is 2. The van der Waals surface area contributed by atoms with Gasteiger partial charge in [-0.05, 0) is 24.4 Å². The minimum atomic E-state index is 0.290. The Labute approximate surface area is 106 Å². The van der Waals surface area contributed by atoms with Crippen molar-refractivity contribution in [3.8, 4) is 0 Å². The Morgan fingerprint density at radius 1 is 1.18 bits per heavy atom. The minimum Gasteiger partial charge on any atom is -0.327 e. The van der Waals surface area contributed by atoms with Gasteiger partial charge >= 0.3 is 0 Å².